The minimum Gasteiger partial charge on any atom is -0.318 e. The van der Waals surface area contributed by atoms with E-state index in [4.69, 9.17) is 4.84 Å². The van der Waals surface area contributed by atoms with E-state index in [0.29, 0.717) is 11.1 Å². The van der Waals surface area contributed by atoms with Gasteiger partial charge in [0.15, 0.2) is 5.71 Å². The minimum absolute atomic E-state index is 0.108. The van der Waals surface area contributed by atoms with Crippen molar-refractivity contribution in [1.82, 2.24) is 0 Å². The Morgan fingerprint density at radius 2 is 1.43 bits per heavy atom. The zero-order chi connectivity index (χ0) is 19.9. The van der Waals surface area contributed by atoms with Crippen LogP contribution < -0.4 is 0 Å². The number of benzene rings is 3. The Hall–Kier alpha value is -3.18. The predicted molar refractivity (Wildman–Crippen MR) is 111 cm³/mol. The summed E-state index contributed by atoms with van der Waals surface area (Å²) in [6.07, 6.45) is 0. The third-order valence-corrected chi connectivity index (χ3v) is 4.99. The van der Waals surface area contributed by atoms with Gasteiger partial charge in [-0.15, -0.1) is 0 Å². The van der Waals surface area contributed by atoms with Gasteiger partial charge in [-0.1, -0.05) is 59.4 Å². The molecule has 0 N–H and O–H groups in total. The van der Waals surface area contributed by atoms with E-state index < -0.39 is 5.97 Å². The highest BCUT2D eigenvalue weighted by molar-refractivity contribution is 7.99. The first-order chi connectivity index (χ1) is 13.5. The Balaban J connectivity index is 1.87. The predicted octanol–water partition coefficient (Wildman–Crippen LogP) is 5.30. The van der Waals surface area contributed by atoms with Crippen molar-refractivity contribution in [2.45, 2.75) is 23.6 Å². The van der Waals surface area contributed by atoms with Gasteiger partial charge in [0.2, 0.25) is 5.78 Å². The Bertz CT molecular complexity index is 1010. The number of aryl methyl sites for hydroxylation is 1. The lowest BCUT2D eigenvalue weighted by molar-refractivity contribution is -0.140. The largest absolute Gasteiger partial charge is 0.332 e. The molecule has 0 bridgehead atoms. The molecule has 0 aliphatic heterocycles. The monoisotopic (exact) mass is 389 g/mol. The highest BCUT2D eigenvalue weighted by Crippen LogP contribution is 2.27. The number of carbonyl (C=O) groups excluding carboxylic acids is 2. The second kappa shape index (κ2) is 9.15. The molecule has 0 saturated carbocycles. The maximum Gasteiger partial charge on any atom is 0.332 e. The molecule has 0 atom stereocenters. The molecule has 0 heterocycles. The van der Waals surface area contributed by atoms with Crippen LogP contribution in [0.3, 0.4) is 0 Å². The molecule has 0 aliphatic rings. The normalized spacial score (nSPS) is 11.1. The van der Waals surface area contributed by atoms with Crippen LogP contribution in [0.4, 0.5) is 0 Å². The van der Waals surface area contributed by atoms with Crippen molar-refractivity contribution in [3.05, 3.63) is 95.6 Å². The third kappa shape index (κ3) is 4.96. The molecule has 0 aliphatic carbocycles. The number of oxime groups is 1. The molecule has 0 fully saturated rings. The Kier molecular flexibility index (Phi) is 6.40. The topological polar surface area (TPSA) is 55.7 Å². The first kappa shape index (κ1) is 19.6. The maximum atomic E-state index is 13.1. The minimum atomic E-state index is -0.575. The quantitative estimate of drug-likeness (QED) is 0.249. The number of nitrogens with zero attached hydrogens (tertiary/aromatic N) is 1. The fourth-order valence-corrected chi connectivity index (χ4v) is 3.43. The van der Waals surface area contributed by atoms with Crippen molar-refractivity contribution < 1.29 is 14.4 Å². The summed E-state index contributed by atoms with van der Waals surface area (Å²) in [5.41, 5.74) is 2.10. The van der Waals surface area contributed by atoms with Crippen LogP contribution in [-0.2, 0) is 9.63 Å². The first-order valence-corrected chi connectivity index (χ1v) is 9.55. The summed E-state index contributed by atoms with van der Waals surface area (Å²) < 4.78 is 0. The van der Waals surface area contributed by atoms with E-state index in [0.717, 1.165) is 15.4 Å². The molecule has 3 rings (SSSR count). The lowest BCUT2D eigenvalue weighted by atomic mass is 9.97. The summed E-state index contributed by atoms with van der Waals surface area (Å²) in [6, 6.07) is 24.7. The molecule has 0 radical (unpaired) electrons. The first-order valence-electron chi connectivity index (χ1n) is 8.74. The zero-order valence-corrected chi connectivity index (χ0v) is 16.4. The third-order valence-electron chi connectivity index (χ3n) is 3.98. The average Bonchev–Trinajstić information content (AvgIpc) is 2.70. The number of hydrogen-bond acceptors (Lipinski definition) is 5. The fraction of sp³-hybridized carbons (Fsp3) is 0.0870. The van der Waals surface area contributed by atoms with Gasteiger partial charge in [-0.05, 0) is 48.9 Å². The molecule has 140 valence electrons. The van der Waals surface area contributed by atoms with Gasteiger partial charge in [-0.2, -0.15) is 0 Å². The molecular weight excluding hydrogens is 370 g/mol. The molecule has 0 spiro atoms. The van der Waals surface area contributed by atoms with Gasteiger partial charge in [0.05, 0.1) is 0 Å². The van der Waals surface area contributed by atoms with Crippen molar-refractivity contribution in [2.75, 3.05) is 0 Å². The van der Waals surface area contributed by atoms with Crippen molar-refractivity contribution in [3.8, 4) is 0 Å². The second-order valence-electron chi connectivity index (χ2n) is 6.11. The van der Waals surface area contributed by atoms with Crippen LogP contribution >= 0.6 is 11.8 Å². The fourth-order valence-electron chi connectivity index (χ4n) is 2.60. The number of Topliss-reactive ketones (excluding diaryl/α,β-unsaturated/α-hetero) is 1. The van der Waals surface area contributed by atoms with Crippen LogP contribution in [0.15, 0.2) is 93.8 Å². The van der Waals surface area contributed by atoms with E-state index in [1.54, 1.807) is 30.0 Å². The van der Waals surface area contributed by atoms with E-state index in [1.807, 2.05) is 67.6 Å². The number of carbonyl (C=O) groups is 2. The van der Waals surface area contributed by atoms with Gasteiger partial charge in [-0.3, -0.25) is 4.79 Å². The van der Waals surface area contributed by atoms with Crippen molar-refractivity contribution >= 4 is 29.2 Å². The van der Waals surface area contributed by atoms with E-state index in [1.165, 1.54) is 6.92 Å². The van der Waals surface area contributed by atoms with Crippen LogP contribution in [0.25, 0.3) is 0 Å². The molecule has 0 unspecified atom stereocenters. The Labute approximate surface area is 168 Å². The number of ketones is 1. The molecule has 0 aromatic heterocycles. The second-order valence-corrected chi connectivity index (χ2v) is 7.25. The molecule has 3 aromatic rings. The molecule has 3 aromatic carbocycles. The Morgan fingerprint density at radius 3 is 2.07 bits per heavy atom. The molecular formula is C23H19NO3S. The summed E-state index contributed by atoms with van der Waals surface area (Å²) in [4.78, 5) is 31.2. The molecule has 5 heteroatoms. The average molecular weight is 389 g/mol. The zero-order valence-electron chi connectivity index (χ0n) is 15.6. The Morgan fingerprint density at radius 1 is 0.821 bits per heavy atom. The van der Waals surface area contributed by atoms with Crippen molar-refractivity contribution in [3.63, 3.8) is 0 Å². The molecule has 0 saturated heterocycles. The summed E-state index contributed by atoms with van der Waals surface area (Å²) in [6.45, 7) is 3.13. The van der Waals surface area contributed by atoms with Crippen LogP contribution in [-0.4, -0.2) is 17.5 Å². The summed E-state index contributed by atoms with van der Waals surface area (Å²) in [5, 5.41) is 3.83. The van der Waals surface area contributed by atoms with Crippen LogP contribution in [0, 0.1) is 6.92 Å². The highest BCUT2D eigenvalue weighted by atomic mass is 32.2. The van der Waals surface area contributed by atoms with E-state index in [-0.39, 0.29) is 11.5 Å². The number of rotatable bonds is 6. The van der Waals surface area contributed by atoms with Gasteiger partial charge in [0.25, 0.3) is 0 Å². The van der Waals surface area contributed by atoms with Gasteiger partial charge in [0.1, 0.15) is 0 Å². The summed E-state index contributed by atoms with van der Waals surface area (Å²) in [5.74, 6) is -0.875. The molecule has 28 heavy (non-hydrogen) atoms. The lowest BCUT2D eigenvalue weighted by Crippen LogP contribution is -2.18. The van der Waals surface area contributed by atoms with E-state index in [9.17, 15) is 9.59 Å². The lowest BCUT2D eigenvalue weighted by Gasteiger charge is -2.09. The highest BCUT2D eigenvalue weighted by Gasteiger charge is 2.19. The van der Waals surface area contributed by atoms with Gasteiger partial charge < -0.3 is 4.84 Å². The summed E-state index contributed by atoms with van der Waals surface area (Å²) >= 11 is 1.62. The van der Waals surface area contributed by atoms with Crippen molar-refractivity contribution in [2.24, 2.45) is 5.16 Å². The van der Waals surface area contributed by atoms with Gasteiger partial charge in [0, 0.05) is 27.8 Å². The van der Waals surface area contributed by atoms with E-state index >= 15 is 0 Å². The summed E-state index contributed by atoms with van der Waals surface area (Å²) in [7, 11) is 0. The van der Waals surface area contributed by atoms with Crippen LogP contribution in [0.2, 0.25) is 0 Å². The number of hydrogen-bond donors (Lipinski definition) is 0. The van der Waals surface area contributed by atoms with Gasteiger partial charge in [-0.25, -0.2) is 4.79 Å². The molecule has 4 nitrogen and oxygen atoms in total. The standard InChI is InChI=1S/C23H19NO3S/c1-16-8-6-7-11-21(16)22(24-27-17(2)25)23(26)18-12-14-20(15-13-18)28-19-9-4-3-5-10-19/h3-15H,1-2H3/b24-22+. The smallest absolute Gasteiger partial charge is 0.318 e. The molecule has 0 amide bonds. The van der Waals surface area contributed by atoms with E-state index in [2.05, 4.69) is 5.16 Å². The SMILES string of the molecule is CC(=O)O/N=C(/C(=O)c1ccc(Sc2ccccc2)cc1)c1ccccc1C. The van der Waals surface area contributed by atoms with Crippen LogP contribution in [0.1, 0.15) is 28.4 Å². The maximum absolute atomic E-state index is 13.1. The van der Waals surface area contributed by atoms with Crippen molar-refractivity contribution in [1.29, 1.82) is 0 Å². The van der Waals surface area contributed by atoms with Crippen LogP contribution in [0.5, 0.6) is 0 Å². The van der Waals surface area contributed by atoms with Gasteiger partial charge >= 0.3 is 5.97 Å².